The Kier molecular flexibility index (Phi) is 4.18. The molecule has 1 aromatic rings. The van der Waals surface area contributed by atoms with Crippen LogP contribution in [0.2, 0.25) is 0 Å². The van der Waals surface area contributed by atoms with Crippen molar-refractivity contribution in [2.24, 2.45) is 11.7 Å². The Hall–Kier alpha value is -0.870. The average Bonchev–Trinajstić information content (AvgIpc) is 2.79. The molecule has 0 aliphatic heterocycles. The van der Waals surface area contributed by atoms with Crippen molar-refractivity contribution in [2.75, 3.05) is 13.1 Å². The van der Waals surface area contributed by atoms with Gasteiger partial charge in [-0.25, -0.2) is 0 Å². The van der Waals surface area contributed by atoms with Crippen LogP contribution in [0.4, 0.5) is 0 Å². The number of carbonyl (C=O) groups excluding carboxylic acids is 1. The van der Waals surface area contributed by atoms with E-state index in [1.165, 1.54) is 19.3 Å². The summed E-state index contributed by atoms with van der Waals surface area (Å²) in [7, 11) is 0. The zero-order valence-electron chi connectivity index (χ0n) is 10.3. The summed E-state index contributed by atoms with van der Waals surface area (Å²) in [6.45, 7) is 3.67. The SMILES string of the molecule is CCN(CC1CCC1)C(=O)C(N)c1cccs1. The number of thiophene rings is 1. The van der Waals surface area contributed by atoms with Crippen LogP contribution in [0.5, 0.6) is 0 Å². The maximum atomic E-state index is 12.3. The van der Waals surface area contributed by atoms with E-state index in [4.69, 9.17) is 5.73 Å². The van der Waals surface area contributed by atoms with Crippen LogP contribution in [0.3, 0.4) is 0 Å². The second-order valence-corrected chi connectivity index (χ2v) is 5.65. The maximum Gasteiger partial charge on any atom is 0.244 e. The second-order valence-electron chi connectivity index (χ2n) is 4.67. The molecule has 1 aromatic heterocycles. The van der Waals surface area contributed by atoms with Crippen molar-refractivity contribution >= 4 is 17.2 Å². The Morgan fingerprint density at radius 3 is 2.88 bits per heavy atom. The first-order valence-corrected chi connectivity index (χ1v) is 7.18. The molecule has 1 unspecified atom stereocenters. The highest BCUT2D eigenvalue weighted by atomic mass is 32.1. The van der Waals surface area contributed by atoms with Crippen molar-refractivity contribution in [3.8, 4) is 0 Å². The zero-order chi connectivity index (χ0) is 12.3. The van der Waals surface area contributed by atoms with Crippen molar-refractivity contribution in [3.05, 3.63) is 22.4 Å². The van der Waals surface area contributed by atoms with Gasteiger partial charge in [-0.3, -0.25) is 4.79 Å². The Bertz CT molecular complexity index is 360. The van der Waals surface area contributed by atoms with Crippen LogP contribution in [-0.2, 0) is 4.79 Å². The Morgan fingerprint density at radius 1 is 1.65 bits per heavy atom. The number of nitrogens with zero attached hydrogens (tertiary/aromatic N) is 1. The fraction of sp³-hybridized carbons (Fsp3) is 0.615. The smallest absolute Gasteiger partial charge is 0.244 e. The van der Waals surface area contributed by atoms with E-state index in [2.05, 4.69) is 0 Å². The molecular formula is C13H20N2OS. The first-order chi connectivity index (χ1) is 8.22. The first-order valence-electron chi connectivity index (χ1n) is 6.30. The van der Waals surface area contributed by atoms with Crippen LogP contribution < -0.4 is 5.73 Å². The third-order valence-corrected chi connectivity index (χ3v) is 4.47. The number of hydrogen-bond acceptors (Lipinski definition) is 3. The third-order valence-electron chi connectivity index (χ3n) is 3.51. The number of hydrogen-bond donors (Lipinski definition) is 1. The normalized spacial score (nSPS) is 17.5. The van der Waals surface area contributed by atoms with Gasteiger partial charge in [0.2, 0.25) is 5.91 Å². The maximum absolute atomic E-state index is 12.3. The number of carbonyl (C=O) groups is 1. The van der Waals surface area contributed by atoms with E-state index in [0.717, 1.165) is 18.0 Å². The lowest BCUT2D eigenvalue weighted by Gasteiger charge is -2.32. The minimum absolute atomic E-state index is 0.0712. The van der Waals surface area contributed by atoms with Gasteiger partial charge in [0.1, 0.15) is 6.04 Å². The molecule has 3 nitrogen and oxygen atoms in total. The second kappa shape index (κ2) is 5.65. The van der Waals surface area contributed by atoms with Gasteiger partial charge in [0, 0.05) is 18.0 Å². The monoisotopic (exact) mass is 252 g/mol. The van der Waals surface area contributed by atoms with E-state index in [0.29, 0.717) is 5.92 Å². The number of amides is 1. The highest BCUT2D eigenvalue weighted by Gasteiger charge is 2.26. The summed E-state index contributed by atoms with van der Waals surface area (Å²) in [5, 5.41) is 1.96. The van der Waals surface area contributed by atoms with Crippen molar-refractivity contribution in [1.82, 2.24) is 4.90 Å². The summed E-state index contributed by atoms with van der Waals surface area (Å²) in [4.78, 5) is 15.1. The van der Waals surface area contributed by atoms with E-state index in [1.807, 2.05) is 29.3 Å². The lowest BCUT2D eigenvalue weighted by Crippen LogP contribution is -2.42. The Balaban J connectivity index is 1.95. The van der Waals surface area contributed by atoms with Crippen molar-refractivity contribution in [3.63, 3.8) is 0 Å². The molecule has 1 aliphatic rings. The quantitative estimate of drug-likeness (QED) is 0.874. The molecule has 1 fully saturated rings. The predicted molar refractivity (Wildman–Crippen MR) is 70.8 cm³/mol. The molecule has 1 heterocycles. The van der Waals surface area contributed by atoms with Gasteiger partial charge >= 0.3 is 0 Å². The molecule has 1 atom stereocenters. The number of likely N-dealkylation sites (N-methyl/N-ethyl adjacent to an activating group) is 1. The van der Waals surface area contributed by atoms with E-state index in [1.54, 1.807) is 11.3 Å². The summed E-state index contributed by atoms with van der Waals surface area (Å²) in [5.74, 6) is 0.774. The molecule has 1 saturated carbocycles. The third kappa shape index (κ3) is 2.87. The highest BCUT2D eigenvalue weighted by Crippen LogP contribution is 2.28. The first kappa shape index (κ1) is 12.6. The van der Waals surface area contributed by atoms with Crippen LogP contribution in [0.15, 0.2) is 17.5 Å². The van der Waals surface area contributed by atoms with E-state index in [-0.39, 0.29) is 5.91 Å². The van der Waals surface area contributed by atoms with Gasteiger partial charge < -0.3 is 10.6 Å². The largest absolute Gasteiger partial charge is 0.341 e. The standard InChI is InChI=1S/C13H20N2OS/c1-2-15(9-10-5-3-6-10)13(16)12(14)11-7-4-8-17-11/h4,7-8,10,12H,2-3,5-6,9,14H2,1H3. The number of rotatable bonds is 5. The highest BCUT2D eigenvalue weighted by molar-refractivity contribution is 7.10. The average molecular weight is 252 g/mol. The molecular weight excluding hydrogens is 232 g/mol. The van der Waals surface area contributed by atoms with Crippen molar-refractivity contribution < 1.29 is 4.79 Å². The van der Waals surface area contributed by atoms with Gasteiger partial charge in [-0.2, -0.15) is 0 Å². The summed E-state index contributed by atoms with van der Waals surface area (Å²) < 4.78 is 0. The minimum atomic E-state index is -0.477. The predicted octanol–water partition coefficient (Wildman–Crippen LogP) is 2.40. The summed E-state index contributed by atoms with van der Waals surface area (Å²) >= 11 is 1.55. The molecule has 17 heavy (non-hydrogen) atoms. The van der Waals surface area contributed by atoms with Crippen molar-refractivity contribution in [2.45, 2.75) is 32.2 Å². The van der Waals surface area contributed by atoms with Crippen LogP contribution >= 0.6 is 11.3 Å². The van der Waals surface area contributed by atoms with E-state index < -0.39 is 6.04 Å². The van der Waals surface area contributed by atoms with E-state index >= 15 is 0 Å². The molecule has 2 rings (SSSR count). The van der Waals surface area contributed by atoms with Gasteiger partial charge in [0.15, 0.2) is 0 Å². The van der Waals surface area contributed by atoms with Gasteiger partial charge in [-0.05, 0) is 37.1 Å². The van der Waals surface area contributed by atoms with Crippen molar-refractivity contribution in [1.29, 1.82) is 0 Å². The summed E-state index contributed by atoms with van der Waals surface area (Å²) in [5.41, 5.74) is 6.01. The summed E-state index contributed by atoms with van der Waals surface area (Å²) in [6, 6.07) is 3.40. The lowest BCUT2D eigenvalue weighted by molar-refractivity contribution is -0.133. The summed E-state index contributed by atoms with van der Waals surface area (Å²) in [6.07, 6.45) is 3.84. The molecule has 4 heteroatoms. The molecule has 0 saturated heterocycles. The molecule has 0 bridgehead atoms. The van der Waals surface area contributed by atoms with Gasteiger partial charge in [0.05, 0.1) is 0 Å². The van der Waals surface area contributed by atoms with E-state index in [9.17, 15) is 4.79 Å². The van der Waals surface area contributed by atoms with Crippen LogP contribution in [-0.4, -0.2) is 23.9 Å². The van der Waals surface area contributed by atoms with Crippen LogP contribution in [0.1, 0.15) is 37.1 Å². The van der Waals surface area contributed by atoms with Crippen LogP contribution in [0, 0.1) is 5.92 Å². The Morgan fingerprint density at radius 2 is 2.41 bits per heavy atom. The number of nitrogens with two attached hydrogens (primary N) is 1. The molecule has 0 aromatic carbocycles. The Labute approximate surface area is 107 Å². The zero-order valence-corrected chi connectivity index (χ0v) is 11.1. The van der Waals surface area contributed by atoms with Gasteiger partial charge in [-0.15, -0.1) is 11.3 Å². The minimum Gasteiger partial charge on any atom is -0.341 e. The van der Waals surface area contributed by atoms with Crippen LogP contribution in [0.25, 0.3) is 0 Å². The van der Waals surface area contributed by atoms with Gasteiger partial charge in [-0.1, -0.05) is 12.5 Å². The molecule has 1 amide bonds. The molecule has 2 N–H and O–H groups in total. The lowest BCUT2D eigenvalue weighted by atomic mass is 9.85. The molecule has 1 aliphatic carbocycles. The topological polar surface area (TPSA) is 46.3 Å². The molecule has 0 spiro atoms. The molecule has 0 radical (unpaired) electrons. The van der Waals surface area contributed by atoms with Gasteiger partial charge in [0.25, 0.3) is 0 Å². The fourth-order valence-electron chi connectivity index (χ4n) is 2.15. The fourth-order valence-corrected chi connectivity index (χ4v) is 2.87. The molecule has 94 valence electrons.